The molecule has 0 bridgehead atoms. The fraction of sp³-hybridized carbons (Fsp3) is 0.125. The SMILES string of the molecule is Cc1nn(-c2ccc(Br)cc2)c(=O)n1Cc1ccccc1. The van der Waals surface area contributed by atoms with Crippen molar-refractivity contribution >= 4 is 15.9 Å². The van der Waals surface area contributed by atoms with Crippen LogP contribution in [0.25, 0.3) is 5.69 Å². The summed E-state index contributed by atoms with van der Waals surface area (Å²) in [5.74, 6) is 0.701. The first-order valence-corrected chi connectivity index (χ1v) is 7.41. The number of hydrogen-bond acceptors (Lipinski definition) is 2. The standard InChI is InChI=1S/C16H14BrN3O/c1-12-18-20(15-9-7-14(17)8-10-15)16(21)19(12)11-13-5-3-2-4-6-13/h2-10H,11H2,1H3. The van der Waals surface area contributed by atoms with Crippen LogP contribution in [0.1, 0.15) is 11.4 Å². The van der Waals surface area contributed by atoms with Crippen molar-refractivity contribution in [3.8, 4) is 5.69 Å². The van der Waals surface area contributed by atoms with Crippen molar-refractivity contribution in [3.63, 3.8) is 0 Å². The molecule has 1 heterocycles. The number of hydrogen-bond donors (Lipinski definition) is 0. The first-order valence-electron chi connectivity index (χ1n) is 6.61. The molecule has 106 valence electrons. The zero-order valence-corrected chi connectivity index (χ0v) is 13.1. The van der Waals surface area contributed by atoms with E-state index in [0.717, 1.165) is 15.7 Å². The summed E-state index contributed by atoms with van der Waals surface area (Å²) in [6, 6.07) is 17.4. The minimum atomic E-state index is -0.126. The highest BCUT2D eigenvalue weighted by atomic mass is 79.9. The van der Waals surface area contributed by atoms with Crippen molar-refractivity contribution < 1.29 is 0 Å². The summed E-state index contributed by atoms with van der Waals surface area (Å²) in [6.45, 7) is 2.38. The Morgan fingerprint density at radius 1 is 1.05 bits per heavy atom. The molecule has 4 nitrogen and oxygen atoms in total. The van der Waals surface area contributed by atoms with Crippen molar-refractivity contribution in [1.82, 2.24) is 14.3 Å². The van der Waals surface area contributed by atoms with Crippen molar-refractivity contribution in [3.05, 3.63) is 80.9 Å². The van der Waals surface area contributed by atoms with Gasteiger partial charge in [-0.3, -0.25) is 4.57 Å². The Balaban J connectivity index is 2.01. The minimum Gasteiger partial charge on any atom is -0.274 e. The molecule has 0 saturated carbocycles. The lowest BCUT2D eigenvalue weighted by atomic mass is 10.2. The predicted octanol–water partition coefficient (Wildman–Crippen LogP) is 3.15. The van der Waals surface area contributed by atoms with E-state index >= 15 is 0 Å². The minimum absolute atomic E-state index is 0.126. The number of rotatable bonds is 3. The van der Waals surface area contributed by atoms with Gasteiger partial charge in [0, 0.05) is 4.47 Å². The molecule has 5 heteroatoms. The number of nitrogens with zero attached hydrogens (tertiary/aromatic N) is 3. The van der Waals surface area contributed by atoms with Gasteiger partial charge in [0.2, 0.25) is 0 Å². The van der Waals surface area contributed by atoms with Gasteiger partial charge in [-0.05, 0) is 36.8 Å². The van der Waals surface area contributed by atoms with E-state index in [1.807, 2.05) is 61.5 Å². The van der Waals surface area contributed by atoms with E-state index < -0.39 is 0 Å². The average molecular weight is 344 g/mol. The van der Waals surface area contributed by atoms with E-state index in [4.69, 9.17) is 0 Å². The molecule has 0 aliphatic rings. The molecule has 0 aliphatic heterocycles. The fourth-order valence-electron chi connectivity index (χ4n) is 2.19. The summed E-state index contributed by atoms with van der Waals surface area (Å²) in [4.78, 5) is 12.5. The molecule has 0 radical (unpaired) electrons. The van der Waals surface area contributed by atoms with Gasteiger partial charge in [-0.1, -0.05) is 46.3 Å². The summed E-state index contributed by atoms with van der Waals surface area (Å²) in [5, 5.41) is 4.36. The maximum atomic E-state index is 12.5. The molecule has 2 aromatic carbocycles. The lowest BCUT2D eigenvalue weighted by molar-refractivity contribution is 0.723. The second-order valence-electron chi connectivity index (χ2n) is 4.79. The van der Waals surface area contributed by atoms with Gasteiger partial charge >= 0.3 is 5.69 Å². The van der Waals surface area contributed by atoms with Gasteiger partial charge < -0.3 is 0 Å². The molecule has 0 unspecified atom stereocenters. The second-order valence-corrected chi connectivity index (χ2v) is 5.71. The molecule has 0 amide bonds. The monoisotopic (exact) mass is 343 g/mol. The molecule has 0 aliphatic carbocycles. The largest absolute Gasteiger partial charge is 0.351 e. The molecule has 21 heavy (non-hydrogen) atoms. The number of halogens is 1. The van der Waals surface area contributed by atoms with Gasteiger partial charge in [-0.25, -0.2) is 4.79 Å². The second kappa shape index (κ2) is 5.69. The van der Waals surface area contributed by atoms with E-state index in [-0.39, 0.29) is 5.69 Å². The van der Waals surface area contributed by atoms with Crippen LogP contribution in [0.4, 0.5) is 0 Å². The first kappa shape index (κ1) is 13.8. The quantitative estimate of drug-likeness (QED) is 0.732. The van der Waals surface area contributed by atoms with Crippen molar-refractivity contribution in [1.29, 1.82) is 0 Å². The zero-order chi connectivity index (χ0) is 14.8. The lowest BCUT2D eigenvalue weighted by Crippen LogP contribution is -2.24. The Labute approximate surface area is 130 Å². The highest BCUT2D eigenvalue weighted by Crippen LogP contribution is 2.12. The maximum Gasteiger partial charge on any atom is 0.351 e. The predicted molar refractivity (Wildman–Crippen MR) is 85.8 cm³/mol. The Kier molecular flexibility index (Phi) is 3.75. The van der Waals surface area contributed by atoms with Gasteiger partial charge in [0.1, 0.15) is 5.82 Å². The number of aromatic nitrogens is 3. The summed E-state index contributed by atoms with van der Waals surface area (Å²) >= 11 is 3.39. The van der Waals surface area contributed by atoms with Gasteiger partial charge in [0.05, 0.1) is 12.2 Å². The molecule has 3 rings (SSSR count). The van der Waals surface area contributed by atoms with Crippen LogP contribution in [-0.2, 0) is 6.54 Å². The van der Waals surface area contributed by atoms with Crippen LogP contribution in [0.5, 0.6) is 0 Å². The van der Waals surface area contributed by atoms with Crippen LogP contribution in [0.3, 0.4) is 0 Å². The van der Waals surface area contributed by atoms with Crippen LogP contribution in [0, 0.1) is 6.92 Å². The van der Waals surface area contributed by atoms with E-state index in [0.29, 0.717) is 12.4 Å². The van der Waals surface area contributed by atoms with Crippen LogP contribution in [0.2, 0.25) is 0 Å². The van der Waals surface area contributed by atoms with Crippen molar-refractivity contribution in [2.75, 3.05) is 0 Å². The van der Waals surface area contributed by atoms with Crippen molar-refractivity contribution in [2.45, 2.75) is 13.5 Å². The van der Waals surface area contributed by atoms with E-state index in [1.54, 1.807) is 4.57 Å². The summed E-state index contributed by atoms with van der Waals surface area (Å²) in [5.41, 5.74) is 1.72. The number of benzene rings is 2. The molecule has 1 aromatic heterocycles. The normalized spacial score (nSPS) is 10.8. The lowest BCUT2D eigenvalue weighted by Gasteiger charge is -2.02. The molecule has 0 fully saturated rings. The number of aryl methyl sites for hydroxylation is 1. The summed E-state index contributed by atoms with van der Waals surface area (Å²) in [7, 11) is 0. The molecule has 0 atom stereocenters. The molecular weight excluding hydrogens is 330 g/mol. The van der Waals surface area contributed by atoms with Crippen LogP contribution < -0.4 is 5.69 Å². The summed E-state index contributed by atoms with van der Waals surface area (Å²) < 4.78 is 4.09. The van der Waals surface area contributed by atoms with E-state index in [9.17, 15) is 4.79 Å². The smallest absolute Gasteiger partial charge is 0.274 e. The highest BCUT2D eigenvalue weighted by Gasteiger charge is 2.11. The molecule has 0 spiro atoms. The Morgan fingerprint density at radius 2 is 1.71 bits per heavy atom. The third kappa shape index (κ3) is 2.83. The van der Waals surface area contributed by atoms with Gasteiger partial charge in [-0.15, -0.1) is 0 Å². The van der Waals surface area contributed by atoms with E-state index in [1.165, 1.54) is 4.68 Å². The molecular formula is C16H14BrN3O. The average Bonchev–Trinajstić information content (AvgIpc) is 2.77. The van der Waals surface area contributed by atoms with Crippen molar-refractivity contribution in [2.24, 2.45) is 0 Å². The van der Waals surface area contributed by atoms with E-state index in [2.05, 4.69) is 21.0 Å². The zero-order valence-electron chi connectivity index (χ0n) is 11.5. The van der Waals surface area contributed by atoms with Crippen LogP contribution in [0.15, 0.2) is 63.9 Å². The topological polar surface area (TPSA) is 39.8 Å². The van der Waals surface area contributed by atoms with Gasteiger partial charge in [0.25, 0.3) is 0 Å². The third-order valence-corrected chi connectivity index (χ3v) is 3.83. The molecule has 3 aromatic rings. The highest BCUT2D eigenvalue weighted by molar-refractivity contribution is 9.10. The Hall–Kier alpha value is -2.14. The molecule has 0 saturated heterocycles. The Bertz CT molecular complexity index is 804. The Morgan fingerprint density at radius 3 is 2.38 bits per heavy atom. The third-order valence-electron chi connectivity index (χ3n) is 3.30. The maximum absolute atomic E-state index is 12.5. The van der Waals surface area contributed by atoms with Gasteiger partial charge in [0.15, 0.2) is 0 Å². The summed E-state index contributed by atoms with van der Waals surface area (Å²) in [6.07, 6.45) is 0. The fourth-order valence-corrected chi connectivity index (χ4v) is 2.46. The first-order chi connectivity index (χ1) is 10.1. The van der Waals surface area contributed by atoms with Crippen LogP contribution >= 0.6 is 15.9 Å². The van der Waals surface area contributed by atoms with Crippen LogP contribution in [-0.4, -0.2) is 14.3 Å². The van der Waals surface area contributed by atoms with Gasteiger partial charge in [-0.2, -0.15) is 9.78 Å². The molecule has 0 N–H and O–H groups in total.